The van der Waals surface area contributed by atoms with Crippen LogP contribution in [0.3, 0.4) is 0 Å². The molecule has 0 aliphatic carbocycles. The molecule has 0 fully saturated rings. The van der Waals surface area contributed by atoms with E-state index in [-0.39, 0.29) is 19.6 Å². The summed E-state index contributed by atoms with van der Waals surface area (Å²) in [6, 6.07) is 1.66. The van der Waals surface area contributed by atoms with Crippen LogP contribution in [-0.4, -0.2) is 40.1 Å². The van der Waals surface area contributed by atoms with E-state index in [4.69, 9.17) is 14.6 Å². The molecule has 1 rings (SSSR count). The van der Waals surface area contributed by atoms with E-state index >= 15 is 0 Å². The van der Waals surface area contributed by atoms with Gasteiger partial charge in [0.2, 0.25) is 0 Å². The summed E-state index contributed by atoms with van der Waals surface area (Å²) in [6.45, 7) is -0.564. The van der Waals surface area contributed by atoms with E-state index in [1.54, 1.807) is 6.07 Å². The quantitative estimate of drug-likeness (QED) is 0.813. The molecule has 0 radical (unpaired) electrons. The van der Waals surface area contributed by atoms with E-state index in [0.29, 0.717) is 10.2 Å². The Morgan fingerprint density at radius 2 is 1.88 bits per heavy atom. The second-order valence-corrected chi connectivity index (χ2v) is 3.98. The Balaban J connectivity index is 2.66. The van der Waals surface area contributed by atoms with Crippen LogP contribution in [0.4, 0.5) is 0 Å². The largest absolute Gasteiger partial charge is 0.480 e. The minimum absolute atomic E-state index is 0.131. The maximum absolute atomic E-state index is 10.5. The molecule has 7 heteroatoms. The van der Waals surface area contributed by atoms with E-state index in [9.17, 15) is 9.59 Å². The molecular weight excluding hydrogens is 282 g/mol. The number of carbonyl (C=O) groups is 2. The van der Waals surface area contributed by atoms with Crippen molar-refractivity contribution in [1.82, 2.24) is 4.90 Å². The van der Waals surface area contributed by atoms with Gasteiger partial charge in [-0.05, 0) is 22.0 Å². The molecule has 0 aliphatic rings. The standard InChI is InChI=1S/C9H10BrNO5/c10-6-1-2-16-7(6)3-11(4-8(12)13)5-9(14)15/h1-2H,3-5H2,(H,12,13)(H,14,15). The molecule has 0 unspecified atom stereocenters. The summed E-state index contributed by atoms with van der Waals surface area (Å²) in [5.41, 5.74) is 0. The van der Waals surface area contributed by atoms with Crippen LogP contribution in [0.1, 0.15) is 5.76 Å². The normalized spacial score (nSPS) is 10.6. The first kappa shape index (κ1) is 12.7. The van der Waals surface area contributed by atoms with Gasteiger partial charge in [0.05, 0.1) is 30.4 Å². The number of halogens is 1. The molecule has 0 aromatic carbocycles. The summed E-state index contributed by atoms with van der Waals surface area (Å²) in [4.78, 5) is 22.3. The molecule has 0 aliphatic heterocycles. The van der Waals surface area contributed by atoms with Crippen LogP contribution in [-0.2, 0) is 16.1 Å². The third kappa shape index (κ3) is 4.03. The lowest BCUT2D eigenvalue weighted by molar-refractivity contribution is -0.142. The molecule has 16 heavy (non-hydrogen) atoms. The topological polar surface area (TPSA) is 91.0 Å². The Morgan fingerprint density at radius 1 is 1.31 bits per heavy atom. The van der Waals surface area contributed by atoms with Crippen LogP contribution >= 0.6 is 15.9 Å². The van der Waals surface area contributed by atoms with E-state index in [1.807, 2.05) is 0 Å². The predicted molar refractivity (Wildman–Crippen MR) is 57.0 cm³/mol. The predicted octanol–water partition coefficient (Wildman–Crippen LogP) is 1.01. The molecule has 1 aromatic heterocycles. The smallest absolute Gasteiger partial charge is 0.317 e. The third-order valence-electron chi connectivity index (χ3n) is 1.78. The van der Waals surface area contributed by atoms with Crippen molar-refractivity contribution in [2.45, 2.75) is 6.54 Å². The lowest BCUT2D eigenvalue weighted by Crippen LogP contribution is -2.33. The Hall–Kier alpha value is -1.34. The Bertz CT molecular complexity index is 373. The lowest BCUT2D eigenvalue weighted by Gasteiger charge is -2.16. The van der Waals surface area contributed by atoms with Crippen LogP contribution in [0.2, 0.25) is 0 Å². The highest BCUT2D eigenvalue weighted by atomic mass is 79.9. The monoisotopic (exact) mass is 291 g/mol. The first-order valence-corrected chi connectivity index (χ1v) is 5.16. The molecule has 1 heterocycles. The lowest BCUT2D eigenvalue weighted by atomic mass is 10.4. The van der Waals surface area contributed by atoms with Crippen molar-refractivity contribution in [1.29, 1.82) is 0 Å². The van der Waals surface area contributed by atoms with Gasteiger partial charge in [-0.2, -0.15) is 0 Å². The second-order valence-electron chi connectivity index (χ2n) is 3.12. The van der Waals surface area contributed by atoms with Gasteiger partial charge in [0.15, 0.2) is 0 Å². The van der Waals surface area contributed by atoms with Crippen molar-refractivity contribution in [3.63, 3.8) is 0 Å². The Labute approximate surface area is 99.6 Å². The van der Waals surface area contributed by atoms with Crippen molar-refractivity contribution in [2.24, 2.45) is 0 Å². The molecule has 0 saturated carbocycles. The van der Waals surface area contributed by atoms with E-state index in [1.165, 1.54) is 11.2 Å². The van der Waals surface area contributed by atoms with Gasteiger partial charge in [-0.25, -0.2) is 0 Å². The Morgan fingerprint density at radius 3 is 2.25 bits per heavy atom. The van der Waals surface area contributed by atoms with Crippen LogP contribution in [0.25, 0.3) is 0 Å². The van der Waals surface area contributed by atoms with Crippen LogP contribution < -0.4 is 0 Å². The van der Waals surface area contributed by atoms with Gasteiger partial charge in [0.1, 0.15) is 5.76 Å². The average Bonchev–Trinajstić information content (AvgIpc) is 2.49. The number of furan rings is 1. The summed E-state index contributed by atoms with van der Waals surface area (Å²) in [5, 5.41) is 17.2. The van der Waals surface area contributed by atoms with Gasteiger partial charge in [-0.3, -0.25) is 14.5 Å². The maximum Gasteiger partial charge on any atom is 0.317 e. The highest BCUT2D eigenvalue weighted by Gasteiger charge is 2.16. The molecule has 88 valence electrons. The van der Waals surface area contributed by atoms with Crippen LogP contribution in [0.5, 0.6) is 0 Å². The van der Waals surface area contributed by atoms with E-state index < -0.39 is 11.9 Å². The molecule has 6 nitrogen and oxygen atoms in total. The highest BCUT2D eigenvalue weighted by Crippen LogP contribution is 2.19. The average molecular weight is 292 g/mol. The second kappa shape index (κ2) is 5.66. The zero-order valence-corrected chi connectivity index (χ0v) is 9.81. The van der Waals surface area contributed by atoms with Crippen molar-refractivity contribution in [2.75, 3.05) is 13.1 Å². The van der Waals surface area contributed by atoms with E-state index in [2.05, 4.69) is 15.9 Å². The zero-order valence-electron chi connectivity index (χ0n) is 8.22. The molecule has 0 bridgehead atoms. The fourth-order valence-electron chi connectivity index (χ4n) is 1.19. The Kier molecular flexibility index (Phi) is 4.51. The number of hydrogen-bond acceptors (Lipinski definition) is 4. The molecular formula is C9H10BrNO5. The SMILES string of the molecule is O=C(O)CN(CC(=O)O)Cc1occc1Br. The zero-order chi connectivity index (χ0) is 12.1. The maximum atomic E-state index is 10.5. The minimum Gasteiger partial charge on any atom is -0.480 e. The number of nitrogens with zero attached hydrogens (tertiary/aromatic N) is 1. The molecule has 0 saturated heterocycles. The summed E-state index contributed by atoms with van der Waals surface area (Å²) in [6.07, 6.45) is 1.44. The summed E-state index contributed by atoms with van der Waals surface area (Å²) in [7, 11) is 0. The molecule has 0 atom stereocenters. The minimum atomic E-state index is -1.08. The fourth-order valence-corrected chi connectivity index (χ4v) is 1.52. The molecule has 0 amide bonds. The van der Waals surface area contributed by atoms with Gasteiger partial charge in [0, 0.05) is 0 Å². The number of hydrogen-bond donors (Lipinski definition) is 2. The summed E-state index contributed by atoms with van der Waals surface area (Å²) in [5.74, 6) is -1.66. The number of carboxylic acid groups (broad SMARTS) is 2. The number of rotatable bonds is 6. The highest BCUT2D eigenvalue weighted by molar-refractivity contribution is 9.10. The van der Waals surface area contributed by atoms with Gasteiger partial charge < -0.3 is 14.6 Å². The summed E-state index contributed by atoms with van der Waals surface area (Å²) >= 11 is 3.21. The van der Waals surface area contributed by atoms with Crippen LogP contribution in [0, 0.1) is 0 Å². The van der Waals surface area contributed by atoms with E-state index in [0.717, 1.165) is 0 Å². The third-order valence-corrected chi connectivity index (χ3v) is 2.48. The number of carboxylic acids is 2. The molecule has 2 N–H and O–H groups in total. The van der Waals surface area contributed by atoms with Crippen molar-refractivity contribution >= 4 is 27.9 Å². The van der Waals surface area contributed by atoms with Gasteiger partial charge in [-0.1, -0.05) is 0 Å². The molecule has 1 aromatic rings. The van der Waals surface area contributed by atoms with Gasteiger partial charge in [0.25, 0.3) is 0 Å². The molecule has 0 spiro atoms. The van der Waals surface area contributed by atoms with Gasteiger partial charge >= 0.3 is 11.9 Å². The van der Waals surface area contributed by atoms with Crippen molar-refractivity contribution in [3.05, 3.63) is 22.6 Å². The van der Waals surface area contributed by atoms with Crippen molar-refractivity contribution in [3.8, 4) is 0 Å². The first-order chi connectivity index (χ1) is 7.49. The van der Waals surface area contributed by atoms with Crippen LogP contribution in [0.15, 0.2) is 21.2 Å². The van der Waals surface area contributed by atoms with Crippen molar-refractivity contribution < 1.29 is 24.2 Å². The summed E-state index contributed by atoms with van der Waals surface area (Å²) < 4.78 is 5.77. The number of aliphatic carboxylic acids is 2. The fraction of sp³-hybridized carbons (Fsp3) is 0.333. The van der Waals surface area contributed by atoms with Gasteiger partial charge in [-0.15, -0.1) is 0 Å². The first-order valence-electron chi connectivity index (χ1n) is 4.37.